The van der Waals surface area contributed by atoms with Crippen molar-refractivity contribution in [3.63, 3.8) is 0 Å². The highest BCUT2D eigenvalue weighted by atomic mass is 16.5. The van der Waals surface area contributed by atoms with Crippen LogP contribution < -0.4 is 10.1 Å². The molecule has 0 bridgehead atoms. The lowest BCUT2D eigenvalue weighted by Gasteiger charge is -2.09. The minimum atomic E-state index is -0.237. The van der Waals surface area contributed by atoms with Crippen molar-refractivity contribution in [2.75, 3.05) is 20.2 Å². The van der Waals surface area contributed by atoms with Crippen molar-refractivity contribution in [1.29, 1.82) is 0 Å². The molecule has 0 spiro atoms. The smallest absolute Gasteiger partial charge is 0.255 e. The highest BCUT2D eigenvalue weighted by Gasteiger charge is 2.11. The van der Waals surface area contributed by atoms with E-state index in [2.05, 4.69) is 15.3 Å². The quantitative estimate of drug-likeness (QED) is 0.366. The van der Waals surface area contributed by atoms with E-state index >= 15 is 0 Å². The van der Waals surface area contributed by atoms with Crippen LogP contribution in [0.25, 0.3) is 10.4 Å². The Kier molecular flexibility index (Phi) is 4.84. The summed E-state index contributed by atoms with van der Waals surface area (Å²) >= 11 is 0. The average Bonchev–Trinajstić information content (AvgIpc) is 2.34. The minimum Gasteiger partial charge on any atom is -0.496 e. The third kappa shape index (κ3) is 3.70. The van der Waals surface area contributed by atoms with E-state index in [4.69, 9.17) is 10.3 Å². The fourth-order valence-electron chi connectivity index (χ4n) is 1.36. The molecule has 6 nitrogen and oxygen atoms in total. The molecule has 1 N–H and O–H groups in total. The van der Waals surface area contributed by atoms with E-state index < -0.39 is 0 Å². The topological polar surface area (TPSA) is 87.1 Å². The van der Waals surface area contributed by atoms with Crippen LogP contribution in [0.3, 0.4) is 0 Å². The van der Waals surface area contributed by atoms with Crippen molar-refractivity contribution in [2.45, 2.75) is 6.92 Å². The molecule has 0 fully saturated rings. The second kappa shape index (κ2) is 6.40. The molecule has 1 amide bonds. The maximum absolute atomic E-state index is 11.8. The normalized spacial score (nSPS) is 9.29. The number of hydrogen-bond donors (Lipinski definition) is 1. The van der Waals surface area contributed by atoms with Crippen LogP contribution >= 0.6 is 0 Å². The SMILES string of the molecule is COc1ccc(C)cc1C(=O)NCCN=[N+]=[N-]. The minimum absolute atomic E-state index is 0.233. The van der Waals surface area contributed by atoms with Gasteiger partial charge in [0.1, 0.15) is 5.75 Å². The van der Waals surface area contributed by atoms with Crippen LogP contribution in [-0.4, -0.2) is 26.1 Å². The first-order chi connectivity index (χ1) is 8.19. The molecule has 17 heavy (non-hydrogen) atoms. The number of hydrogen-bond acceptors (Lipinski definition) is 3. The van der Waals surface area contributed by atoms with E-state index in [1.54, 1.807) is 12.1 Å². The maximum Gasteiger partial charge on any atom is 0.255 e. The van der Waals surface area contributed by atoms with Gasteiger partial charge < -0.3 is 10.1 Å². The number of carbonyl (C=O) groups is 1. The fourth-order valence-corrected chi connectivity index (χ4v) is 1.36. The predicted octanol–water partition coefficient (Wildman–Crippen LogP) is 2.04. The Morgan fingerprint density at radius 1 is 1.59 bits per heavy atom. The van der Waals surface area contributed by atoms with Crippen molar-refractivity contribution < 1.29 is 9.53 Å². The number of azide groups is 1. The van der Waals surface area contributed by atoms with Crippen LogP contribution in [0.2, 0.25) is 0 Å². The van der Waals surface area contributed by atoms with Crippen molar-refractivity contribution in [3.05, 3.63) is 39.8 Å². The lowest BCUT2D eigenvalue weighted by atomic mass is 10.1. The zero-order valence-corrected chi connectivity index (χ0v) is 9.80. The van der Waals surface area contributed by atoms with Gasteiger partial charge in [0, 0.05) is 18.0 Å². The summed E-state index contributed by atoms with van der Waals surface area (Å²) < 4.78 is 5.11. The molecule has 0 saturated carbocycles. The number of nitrogens with one attached hydrogen (secondary N) is 1. The van der Waals surface area contributed by atoms with Gasteiger partial charge in [-0.15, -0.1) is 0 Å². The average molecular weight is 234 g/mol. The third-order valence-electron chi connectivity index (χ3n) is 2.16. The number of nitrogens with zero attached hydrogens (tertiary/aromatic N) is 3. The number of ether oxygens (including phenoxy) is 1. The Labute approximate surface area is 99.2 Å². The van der Waals surface area contributed by atoms with E-state index in [0.29, 0.717) is 17.9 Å². The second-order valence-electron chi connectivity index (χ2n) is 3.41. The first kappa shape index (κ1) is 12.9. The molecule has 90 valence electrons. The molecule has 0 unspecified atom stereocenters. The molecular weight excluding hydrogens is 220 g/mol. The van der Waals surface area contributed by atoms with Crippen molar-refractivity contribution in [1.82, 2.24) is 5.32 Å². The van der Waals surface area contributed by atoms with E-state index in [0.717, 1.165) is 5.56 Å². The molecule has 0 aliphatic heterocycles. The molecule has 0 heterocycles. The van der Waals surface area contributed by atoms with Gasteiger partial charge in [-0.1, -0.05) is 16.7 Å². The lowest BCUT2D eigenvalue weighted by Crippen LogP contribution is -2.26. The maximum atomic E-state index is 11.8. The van der Waals surface area contributed by atoms with Crippen molar-refractivity contribution in [2.24, 2.45) is 5.11 Å². The predicted molar refractivity (Wildman–Crippen MR) is 64.1 cm³/mol. The molecule has 0 radical (unpaired) electrons. The van der Waals surface area contributed by atoms with E-state index in [1.807, 2.05) is 13.0 Å². The first-order valence-corrected chi connectivity index (χ1v) is 5.12. The summed E-state index contributed by atoms with van der Waals surface area (Å²) in [5.41, 5.74) is 9.55. The van der Waals surface area contributed by atoms with E-state index in [1.165, 1.54) is 7.11 Å². The van der Waals surface area contributed by atoms with Crippen LogP contribution in [0.5, 0.6) is 5.75 Å². The Balaban J connectivity index is 2.73. The standard InChI is InChI=1S/C11H14N4O2/c1-8-3-4-10(17-2)9(7-8)11(16)13-5-6-14-15-12/h3-4,7H,5-6H2,1-2H3,(H,13,16). The third-order valence-corrected chi connectivity index (χ3v) is 2.16. The van der Waals surface area contributed by atoms with Gasteiger partial charge in [0.25, 0.3) is 5.91 Å². The highest BCUT2D eigenvalue weighted by Crippen LogP contribution is 2.19. The molecule has 0 aliphatic carbocycles. The van der Waals surface area contributed by atoms with Gasteiger partial charge in [0.15, 0.2) is 0 Å². The zero-order chi connectivity index (χ0) is 12.7. The molecule has 1 aromatic carbocycles. The largest absolute Gasteiger partial charge is 0.496 e. The van der Waals surface area contributed by atoms with Crippen LogP contribution in [0, 0.1) is 6.92 Å². The lowest BCUT2D eigenvalue weighted by molar-refractivity contribution is 0.0951. The van der Waals surface area contributed by atoms with Gasteiger partial charge in [-0.25, -0.2) is 0 Å². The number of benzene rings is 1. The molecule has 6 heteroatoms. The molecule has 0 atom stereocenters. The molecule has 1 aromatic rings. The second-order valence-corrected chi connectivity index (χ2v) is 3.41. The van der Waals surface area contributed by atoms with Crippen molar-refractivity contribution >= 4 is 5.91 Å². The number of aryl methyl sites for hydroxylation is 1. The number of methoxy groups -OCH3 is 1. The number of rotatable bonds is 5. The number of amides is 1. The Hall–Kier alpha value is -2.20. The van der Waals surface area contributed by atoms with E-state index in [9.17, 15) is 4.79 Å². The molecular formula is C11H14N4O2. The highest BCUT2D eigenvalue weighted by molar-refractivity contribution is 5.97. The number of carbonyl (C=O) groups excluding carboxylic acids is 1. The molecule has 0 aromatic heterocycles. The summed E-state index contributed by atoms with van der Waals surface area (Å²) in [5.74, 6) is 0.288. The summed E-state index contributed by atoms with van der Waals surface area (Å²) in [6.07, 6.45) is 0. The summed E-state index contributed by atoms with van der Waals surface area (Å²) in [6.45, 7) is 2.44. The van der Waals surface area contributed by atoms with E-state index in [-0.39, 0.29) is 12.5 Å². The first-order valence-electron chi connectivity index (χ1n) is 5.12. The monoisotopic (exact) mass is 234 g/mol. The summed E-state index contributed by atoms with van der Waals surface area (Å²) in [4.78, 5) is 14.4. The summed E-state index contributed by atoms with van der Waals surface area (Å²) in [5, 5.41) is 5.98. The van der Waals surface area contributed by atoms with Crippen molar-refractivity contribution in [3.8, 4) is 5.75 Å². The van der Waals surface area contributed by atoms with Gasteiger partial charge in [0.2, 0.25) is 0 Å². The Morgan fingerprint density at radius 2 is 2.35 bits per heavy atom. The van der Waals surface area contributed by atoms with Crippen LogP contribution in [0.1, 0.15) is 15.9 Å². The van der Waals surface area contributed by atoms with Gasteiger partial charge in [-0.3, -0.25) is 4.79 Å². The fraction of sp³-hybridized carbons (Fsp3) is 0.364. The van der Waals surface area contributed by atoms with Crippen LogP contribution in [0.4, 0.5) is 0 Å². The summed E-state index contributed by atoms with van der Waals surface area (Å²) in [7, 11) is 1.52. The molecule has 0 saturated heterocycles. The Bertz CT molecular complexity index is 453. The Morgan fingerprint density at radius 3 is 3.00 bits per heavy atom. The zero-order valence-electron chi connectivity index (χ0n) is 9.80. The van der Waals surface area contributed by atoms with Gasteiger partial charge in [0.05, 0.1) is 12.7 Å². The molecule has 0 aliphatic rings. The molecule has 1 rings (SSSR count). The van der Waals surface area contributed by atoms with Gasteiger partial charge >= 0.3 is 0 Å². The van der Waals surface area contributed by atoms with Crippen LogP contribution in [0.15, 0.2) is 23.3 Å². The summed E-state index contributed by atoms with van der Waals surface area (Å²) in [6, 6.07) is 5.37. The van der Waals surface area contributed by atoms with Crippen LogP contribution in [-0.2, 0) is 0 Å². The van der Waals surface area contributed by atoms with Gasteiger partial charge in [-0.2, -0.15) is 0 Å². The van der Waals surface area contributed by atoms with Gasteiger partial charge in [-0.05, 0) is 24.6 Å².